The number of hydrogen-bond acceptors (Lipinski definition) is 4. The summed E-state index contributed by atoms with van der Waals surface area (Å²) >= 11 is 2.05. The van der Waals surface area contributed by atoms with E-state index in [1.165, 1.54) is 24.3 Å². The topological polar surface area (TPSA) is 39.1 Å². The fourth-order valence-electron chi connectivity index (χ4n) is 2.29. The lowest BCUT2D eigenvalue weighted by Crippen LogP contribution is -2.18. The van der Waals surface area contributed by atoms with E-state index < -0.39 is 0 Å². The molecular formula is C13H23N3OS. The first-order valence-corrected chi connectivity index (χ1v) is 7.82. The highest BCUT2D eigenvalue weighted by molar-refractivity contribution is 7.99. The normalized spacial score (nSPS) is 20.0. The molecule has 1 N–H and O–H groups in total. The molecule has 1 unspecified atom stereocenters. The third kappa shape index (κ3) is 3.65. The fourth-order valence-corrected chi connectivity index (χ4v) is 3.42. The first-order chi connectivity index (χ1) is 8.81. The summed E-state index contributed by atoms with van der Waals surface area (Å²) < 4.78 is 7.39. The second kappa shape index (κ2) is 7.04. The number of rotatable bonds is 6. The Morgan fingerprint density at radius 1 is 1.61 bits per heavy atom. The van der Waals surface area contributed by atoms with Gasteiger partial charge in [-0.05, 0) is 31.9 Å². The Labute approximate surface area is 114 Å². The van der Waals surface area contributed by atoms with Crippen LogP contribution in [0.3, 0.4) is 0 Å². The molecule has 1 aliphatic heterocycles. The molecule has 0 aromatic carbocycles. The van der Waals surface area contributed by atoms with E-state index in [0.717, 1.165) is 31.2 Å². The quantitative estimate of drug-likeness (QED) is 0.806. The van der Waals surface area contributed by atoms with Crippen LogP contribution >= 0.6 is 11.8 Å². The highest BCUT2D eigenvalue weighted by Crippen LogP contribution is 2.29. The minimum absolute atomic E-state index is 0.606. The molecule has 2 rings (SSSR count). The zero-order chi connectivity index (χ0) is 12.8. The Balaban J connectivity index is 1.95. The lowest BCUT2D eigenvalue weighted by atomic mass is 10.2. The maximum Gasteiger partial charge on any atom is 0.203 e. The third-order valence-corrected chi connectivity index (χ3v) is 4.39. The Morgan fingerprint density at radius 3 is 3.22 bits per heavy atom. The van der Waals surface area contributed by atoms with Crippen LogP contribution < -0.4 is 5.32 Å². The fraction of sp³-hybridized carbons (Fsp3) is 0.769. The first-order valence-electron chi connectivity index (χ1n) is 6.67. The van der Waals surface area contributed by atoms with E-state index in [2.05, 4.69) is 39.8 Å². The molecule has 4 nitrogen and oxygen atoms in total. The van der Waals surface area contributed by atoms with Gasteiger partial charge < -0.3 is 14.6 Å². The number of nitrogens with zero attached hydrogens (tertiary/aromatic N) is 2. The minimum Gasteiger partial charge on any atom is -0.385 e. The van der Waals surface area contributed by atoms with Crippen LogP contribution in [0.25, 0.3) is 0 Å². The van der Waals surface area contributed by atoms with Crippen molar-refractivity contribution in [2.45, 2.75) is 32.2 Å². The molecule has 0 radical (unpaired) electrons. The molecule has 1 aromatic rings. The van der Waals surface area contributed by atoms with Gasteiger partial charge in [-0.25, -0.2) is 4.98 Å². The minimum atomic E-state index is 0.606. The van der Waals surface area contributed by atoms with Crippen LogP contribution in [0.5, 0.6) is 0 Å². The summed E-state index contributed by atoms with van der Waals surface area (Å²) in [6.07, 6.45) is 5.78. The van der Waals surface area contributed by atoms with Crippen molar-refractivity contribution in [1.29, 1.82) is 0 Å². The van der Waals surface area contributed by atoms with Gasteiger partial charge in [0.15, 0.2) is 0 Å². The van der Waals surface area contributed by atoms with Crippen molar-refractivity contribution in [3.05, 3.63) is 11.9 Å². The van der Waals surface area contributed by atoms with Gasteiger partial charge in [-0.3, -0.25) is 0 Å². The van der Waals surface area contributed by atoms with Crippen LogP contribution in [0.15, 0.2) is 6.20 Å². The van der Waals surface area contributed by atoms with Gasteiger partial charge in [0.25, 0.3) is 0 Å². The number of nitrogens with one attached hydrogen (secondary N) is 1. The largest absolute Gasteiger partial charge is 0.385 e. The highest BCUT2D eigenvalue weighted by atomic mass is 32.2. The van der Waals surface area contributed by atoms with Gasteiger partial charge in [0.2, 0.25) is 5.95 Å². The molecule has 1 aromatic heterocycles. The number of aryl methyl sites for hydroxylation is 1. The lowest BCUT2D eigenvalue weighted by Gasteiger charge is -2.24. The summed E-state index contributed by atoms with van der Waals surface area (Å²) in [4.78, 5) is 4.59. The van der Waals surface area contributed by atoms with E-state index >= 15 is 0 Å². The number of aromatic nitrogens is 2. The molecule has 1 fully saturated rings. The van der Waals surface area contributed by atoms with Crippen LogP contribution in [-0.2, 0) is 4.74 Å². The summed E-state index contributed by atoms with van der Waals surface area (Å²) in [6, 6.07) is 0.606. The zero-order valence-electron chi connectivity index (χ0n) is 11.3. The van der Waals surface area contributed by atoms with Crippen molar-refractivity contribution in [3.63, 3.8) is 0 Å². The van der Waals surface area contributed by atoms with Gasteiger partial charge in [0.05, 0.1) is 5.69 Å². The maximum atomic E-state index is 5.06. The molecule has 0 bridgehead atoms. The predicted octanol–water partition coefficient (Wildman–Crippen LogP) is 2.71. The van der Waals surface area contributed by atoms with Gasteiger partial charge >= 0.3 is 0 Å². The van der Waals surface area contributed by atoms with Crippen LogP contribution in [0.4, 0.5) is 5.95 Å². The Hall–Kier alpha value is -0.680. The van der Waals surface area contributed by atoms with Gasteiger partial charge in [0, 0.05) is 38.3 Å². The summed E-state index contributed by atoms with van der Waals surface area (Å²) in [5, 5.41) is 3.43. The molecule has 5 heteroatoms. The van der Waals surface area contributed by atoms with Crippen molar-refractivity contribution in [2.75, 3.05) is 37.1 Å². The second-order valence-electron chi connectivity index (χ2n) is 4.76. The van der Waals surface area contributed by atoms with E-state index in [4.69, 9.17) is 4.74 Å². The highest BCUT2D eigenvalue weighted by Gasteiger charge is 2.18. The van der Waals surface area contributed by atoms with E-state index in [1.54, 1.807) is 7.11 Å². The van der Waals surface area contributed by atoms with Crippen molar-refractivity contribution in [2.24, 2.45) is 0 Å². The van der Waals surface area contributed by atoms with Gasteiger partial charge in [0.1, 0.15) is 0 Å². The predicted molar refractivity (Wildman–Crippen MR) is 77.5 cm³/mol. The van der Waals surface area contributed by atoms with E-state index in [0.29, 0.717) is 6.04 Å². The molecule has 0 aliphatic carbocycles. The van der Waals surface area contributed by atoms with Gasteiger partial charge in [-0.2, -0.15) is 11.8 Å². The SMILES string of the molecule is COCCCNc1nc(C)cn1C1CCCSC1. The van der Waals surface area contributed by atoms with Crippen molar-refractivity contribution in [1.82, 2.24) is 9.55 Å². The van der Waals surface area contributed by atoms with Crippen LogP contribution in [-0.4, -0.2) is 41.3 Å². The van der Waals surface area contributed by atoms with Gasteiger partial charge in [-0.1, -0.05) is 0 Å². The molecule has 2 heterocycles. The monoisotopic (exact) mass is 269 g/mol. The lowest BCUT2D eigenvalue weighted by molar-refractivity contribution is 0.197. The van der Waals surface area contributed by atoms with E-state index in [9.17, 15) is 0 Å². The van der Waals surface area contributed by atoms with E-state index in [1.807, 2.05) is 0 Å². The molecule has 1 atom stereocenters. The van der Waals surface area contributed by atoms with Crippen molar-refractivity contribution < 1.29 is 4.74 Å². The van der Waals surface area contributed by atoms with Crippen molar-refractivity contribution >= 4 is 17.7 Å². The summed E-state index contributed by atoms with van der Waals surface area (Å²) in [5.41, 5.74) is 1.10. The van der Waals surface area contributed by atoms with Crippen LogP contribution in [0.2, 0.25) is 0 Å². The number of hydrogen-bond donors (Lipinski definition) is 1. The zero-order valence-corrected chi connectivity index (χ0v) is 12.1. The Morgan fingerprint density at radius 2 is 2.50 bits per heavy atom. The third-order valence-electron chi connectivity index (χ3n) is 3.19. The van der Waals surface area contributed by atoms with Crippen LogP contribution in [0, 0.1) is 6.92 Å². The number of imidazole rings is 1. The number of thioether (sulfide) groups is 1. The number of ether oxygens (including phenoxy) is 1. The summed E-state index contributed by atoms with van der Waals surface area (Å²) in [5.74, 6) is 3.54. The molecule has 0 spiro atoms. The average Bonchev–Trinajstić information content (AvgIpc) is 2.77. The molecule has 0 amide bonds. The average molecular weight is 269 g/mol. The standard InChI is InChI=1S/C13H23N3OS/c1-11-9-16(12-5-3-8-18-10-12)13(15-11)14-6-4-7-17-2/h9,12H,3-8,10H2,1-2H3,(H,14,15). The Kier molecular flexibility index (Phi) is 5.38. The maximum absolute atomic E-state index is 5.06. The summed E-state index contributed by atoms with van der Waals surface area (Å²) in [6.45, 7) is 3.78. The second-order valence-corrected chi connectivity index (χ2v) is 5.91. The van der Waals surface area contributed by atoms with Crippen molar-refractivity contribution in [3.8, 4) is 0 Å². The summed E-state index contributed by atoms with van der Waals surface area (Å²) in [7, 11) is 1.74. The number of methoxy groups -OCH3 is 1. The van der Waals surface area contributed by atoms with Gasteiger partial charge in [-0.15, -0.1) is 0 Å². The van der Waals surface area contributed by atoms with E-state index in [-0.39, 0.29) is 0 Å². The molecule has 1 saturated heterocycles. The number of anilines is 1. The van der Waals surface area contributed by atoms with Crippen LogP contribution in [0.1, 0.15) is 31.0 Å². The molecule has 0 saturated carbocycles. The molecule has 1 aliphatic rings. The smallest absolute Gasteiger partial charge is 0.203 e. The molecule has 102 valence electrons. The molecule has 18 heavy (non-hydrogen) atoms. The first kappa shape index (κ1) is 13.7. The molecular weight excluding hydrogens is 246 g/mol. The Bertz CT molecular complexity index is 361.